The molecule has 1 radical (unpaired) electrons. The molecule has 35 valence electrons. The van der Waals surface area contributed by atoms with Gasteiger partial charge in [-0.2, -0.15) is 0 Å². The zero-order chi connectivity index (χ0) is 4.83. The van der Waals surface area contributed by atoms with Crippen molar-refractivity contribution in [2.75, 3.05) is 6.54 Å². The van der Waals surface area contributed by atoms with Gasteiger partial charge in [0.15, 0.2) is 0 Å². The molecule has 0 aliphatic heterocycles. The van der Waals surface area contributed by atoms with Crippen LogP contribution in [0.1, 0.15) is 13.3 Å². The first-order chi connectivity index (χ1) is 2.91. The fourth-order valence-corrected chi connectivity index (χ4v) is 0.213. The van der Waals surface area contributed by atoms with Crippen molar-refractivity contribution < 1.29 is 0 Å². The van der Waals surface area contributed by atoms with Crippen LogP contribution in [0, 0.1) is 6.20 Å². The monoisotopic (exact) mass is 84.1 g/mol. The van der Waals surface area contributed by atoms with E-state index >= 15 is 0 Å². The van der Waals surface area contributed by atoms with E-state index in [4.69, 9.17) is 0 Å². The molecule has 0 aliphatic rings. The number of rotatable bonds is 3. The molecule has 0 aromatic heterocycles. The smallest absolute Gasteiger partial charge is 0.0496 e. The molecule has 0 saturated heterocycles. The van der Waals surface area contributed by atoms with Gasteiger partial charge in [0.1, 0.15) is 0 Å². The molecule has 1 heteroatoms. The van der Waals surface area contributed by atoms with E-state index in [2.05, 4.69) is 25.0 Å². The summed E-state index contributed by atoms with van der Waals surface area (Å²) in [4.78, 5) is 0. The summed E-state index contributed by atoms with van der Waals surface area (Å²) < 4.78 is 0. The van der Waals surface area contributed by atoms with E-state index in [1.807, 2.05) is 0 Å². The first kappa shape index (κ1) is 5.54. The van der Waals surface area contributed by atoms with Crippen LogP contribution in [0.3, 0.4) is 0 Å². The quantitative estimate of drug-likeness (QED) is 0.396. The first-order valence-corrected chi connectivity index (χ1v) is 2.16. The largest absolute Gasteiger partial charge is 0.384 e. The van der Waals surface area contributed by atoms with Gasteiger partial charge >= 0.3 is 0 Å². The van der Waals surface area contributed by atoms with Gasteiger partial charge in [0, 0.05) is 12.7 Å². The molecular weight excluding hydrogens is 74.1 g/mol. The van der Waals surface area contributed by atoms with Gasteiger partial charge in [-0.05, 0) is 6.42 Å². The Bertz CT molecular complexity index is 32.9. The van der Waals surface area contributed by atoms with Gasteiger partial charge in [-0.3, -0.25) is 0 Å². The lowest BCUT2D eigenvalue weighted by atomic mass is 10.5. The van der Waals surface area contributed by atoms with E-state index < -0.39 is 0 Å². The summed E-state index contributed by atoms with van der Waals surface area (Å²) in [5.74, 6) is 0. The Labute approximate surface area is 39.1 Å². The standard InChI is InChI=1S/C5H10N/c1-3-5-6-4-2/h6H,2-3,5H2,1H3. The average molecular weight is 84.1 g/mol. The van der Waals surface area contributed by atoms with Crippen molar-refractivity contribution in [1.29, 1.82) is 0 Å². The summed E-state index contributed by atoms with van der Waals surface area (Å²) in [5, 5.41) is 2.84. The predicted molar refractivity (Wildman–Crippen MR) is 27.2 cm³/mol. The molecular formula is C5H10N. The second kappa shape index (κ2) is 4.54. The molecule has 0 aromatic rings. The maximum Gasteiger partial charge on any atom is 0.0496 e. The third-order valence-corrected chi connectivity index (χ3v) is 0.500. The third-order valence-electron chi connectivity index (χ3n) is 0.500. The molecule has 1 N–H and O–H groups in total. The Morgan fingerprint density at radius 1 is 1.83 bits per heavy atom. The van der Waals surface area contributed by atoms with Gasteiger partial charge in [-0.15, -0.1) is 0 Å². The van der Waals surface area contributed by atoms with Crippen molar-refractivity contribution >= 4 is 0 Å². The van der Waals surface area contributed by atoms with Gasteiger partial charge in [0.25, 0.3) is 0 Å². The fourth-order valence-electron chi connectivity index (χ4n) is 0.213. The molecule has 0 fully saturated rings. The minimum absolute atomic E-state index is 0.990. The Morgan fingerprint density at radius 2 is 2.50 bits per heavy atom. The molecule has 0 saturated carbocycles. The van der Waals surface area contributed by atoms with E-state index in [9.17, 15) is 0 Å². The highest BCUT2D eigenvalue weighted by atomic mass is 14.8. The Hall–Kier alpha value is -0.460. The van der Waals surface area contributed by atoms with E-state index in [1.165, 1.54) is 0 Å². The highest BCUT2D eigenvalue weighted by Gasteiger charge is 1.67. The lowest BCUT2D eigenvalue weighted by Crippen LogP contribution is -2.04. The van der Waals surface area contributed by atoms with Crippen LogP contribution >= 0.6 is 0 Å². The summed E-state index contributed by atoms with van der Waals surface area (Å²) in [5.41, 5.74) is 0. The minimum atomic E-state index is 0.990. The lowest BCUT2D eigenvalue weighted by molar-refractivity contribution is 0.795. The predicted octanol–water partition coefficient (Wildman–Crippen LogP) is 0.933. The maximum atomic E-state index is 3.36. The highest BCUT2D eigenvalue weighted by molar-refractivity contribution is 4.49. The van der Waals surface area contributed by atoms with Crippen LogP contribution < -0.4 is 5.32 Å². The van der Waals surface area contributed by atoms with Gasteiger partial charge in [-0.25, -0.2) is 0 Å². The zero-order valence-corrected chi connectivity index (χ0v) is 4.12. The first-order valence-electron chi connectivity index (χ1n) is 2.16. The summed E-state index contributed by atoms with van der Waals surface area (Å²) in [7, 11) is 0. The Morgan fingerprint density at radius 3 is 2.67 bits per heavy atom. The normalized spacial score (nSPS) is 7.50. The molecule has 6 heavy (non-hydrogen) atoms. The van der Waals surface area contributed by atoms with Gasteiger partial charge in [0.2, 0.25) is 0 Å². The topological polar surface area (TPSA) is 12.0 Å². The maximum absolute atomic E-state index is 3.36. The fraction of sp³-hybridized carbons (Fsp3) is 0.600. The molecule has 0 atom stereocenters. The number of nitrogens with one attached hydrogen (secondary N) is 1. The van der Waals surface area contributed by atoms with E-state index in [0.29, 0.717) is 0 Å². The SMILES string of the molecule is C=[C]NCCC. The van der Waals surface area contributed by atoms with Crippen molar-refractivity contribution in [2.45, 2.75) is 13.3 Å². The van der Waals surface area contributed by atoms with Gasteiger partial charge in [-0.1, -0.05) is 13.5 Å². The van der Waals surface area contributed by atoms with Crippen LogP contribution in [0.2, 0.25) is 0 Å². The van der Waals surface area contributed by atoms with Crippen LogP contribution in [-0.4, -0.2) is 6.54 Å². The molecule has 0 aliphatic carbocycles. The van der Waals surface area contributed by atoms with Crippen LogP contribution in [-0.2, 0) is 0 Å². The number of hydrogen-bond acceptors (Lipinski definition) is 1. The van der Waals surface area contributed by atoms with Crippen molar-refractivity contribution in [2.24, 2.45) is 0 Å². The average Bonchev–Trinajstić information content (AvgIpc) is 1.61. The van der Waals surface area contributed by atoms with E-state index in [1.54, 1.807) is 0 Å². The minimum Gasteiger partial charge on any atom is -0.384 e. The Balaban J connectivity index is 2.49. The second-order valence-electron chi connectivity index (χ2n) is 1.10. The Kier molecular flexibility index (Phi) is 4.19. The van der Waals surface area contributed by atoms with Crippen molar-refractivity contribution in [3.63, 3.8) is 0 Å². The zero-order valence-electron chi connectivity index (χ0n) is 4.12. The highest BCUT2D eigenvalue weighted by Crippen LogP contribution is 1.65. The molecule has 0 amide bonds. The molecule has 0 aromatic carbocycles. The summed E-state index contributed by atoms with van der Waals surface area (Å²) in [6, 6.07) is 0. The summed E-state index contributed by atoms with van der Waals surface area (Å²) in [6.45, 7) is 6.45. The third kappa shape index (κ3) is 3.54. The molecule has 0 rings (SSSR count). The van der Waals surface area contributed by atoms with Crippen molar-refractivity contribution in [3.05, 3.63) is 12.8 Å². The molecule has 0 bridgehead atoms. The van der Waals surface area contributed by atoms with Crippen molar-refractivity contribution in [1.82, 2.24) is 5.32 Å². The number of hydrogen-bond donors (Lipinski definition) is 1. The summed E-state index contributed by atoms with van der Waals surface area (Å²) >= 11 is 0. The molecule has 0 unspecified atom stereocenters. The summed E-state index contributed by atoms with van der Waals surface area (Å²) in [6.07, 6.45) is 3.71. The van der Waals surface area contributed by atoms with E-state index in [0.717, 1.165) is 13.0 Å². The van der Waals surface area contributed by atoms with E-state index in [-0.39, 0.29) is 0 Å². The molecule has 1 nitrogen and oxygen atoms in total. The lowest BCUT2D eigenvalue weighted by Gasteiger charge is -1.88. The molecule has 0 heterocycles. The second-order valence-corrected chi connectivity index (χ2v) is 1.10. The van der Waals surface area contributed by atoms with Crippen LogP contribution in [0.15, 0.2) is 6.58 Å². The van der Waals surface area contributed by atoms with Gasteiger partial charge in [0.05, 0.1) is 0 Å². The van der Waals surface area contributed by atoms with Crippen LogP contribution in [0.5, 0.6) is 0 Å². The van der Waals surface area contributed by atoms with Gasteiger partial charge < -0.3 is 5.32 Å². The van der Waals surface area contributed by atoms with Crippen molar-refractivity contribution in [3.8, 4) is 0 Å². The van der Waals surface area contributed by atoms with Crippen LogP contribution in [0.25, 0.3) is 0 Å². The van der Waals surface area contributed by atoms with Crippen LogP contribution in [0.4, 0.5) is 0 Å². The molecule has 0 spiro atoms.